The van der Waals surface area contributed by atoms with Gasteiger partial charge in [-0.2, -0.15) is 12.7 Å². The molecule has 0 radical (unpaired) electrons. The van der Waals surface area contributed by atoms with Crippen molar-refractivity contribution in [3.63, 3.8) is 0 Å². The van der Waals surface area contributed by atoms with Crippen LogP contribution < -0.4 is 9.62 Å². The van der Waals surface area contributed by atoms with E-state index < -0.39 is 34.3 Å². The molecular formula is C16H17F2N3O3S. The van der Waals surface area contributed by atoms with E-state index in [9.17, 15) is 22.0 Å². The first-order valence-corrected chi connectivity index (χ1v) is 8.61. The average Bonchev–Trinajstić information content (AvgIpc) is 2.55. The molecule has 0 fully saturated rings. The van der Waals surface area contributed by atoms with Crippen LogP contribution in [-0.4, -0.2) is 39.3 Å². The summed E-state index contributed by atoms with van der Waals surface area (Å²) in [6.45, 7) is -0.524. The Kier molecular flexibility index (Phi) is 5.70. The number of halogens is 2. The van der Waals surface area contributed by atoms with E-state index >= 15 is 0 Å². The molecule has 0 aromatic heterocycles. The standard InChI is InChI=1S/C16H17F2N3O3S/c1-20(2)25(23,24)21(15-9-5-13(18)6-10-15)11-16(22)19-14-7-3-12(17)4-8-14/h3-10H,11H2,1-2H3,(H,19,22). The molecule has 0 spiro atoms. The quantitative estimate of drug-likeness (QED) is 0.849. The smallest absolute Gasteiger partial charge is 0.304 e. The molecule has 0 atom stereocenters. The Morgan fingerprint density at radius 2 is 1.44 bits per heavy atom. The van der Waals surface area contributed by atoms with Gasteiger partial charge in [0.25, 0.3) is 0 Å². The predicted octanol–water partition coefficient (Wildman–Crippen LogP) is 2.22. The first-order chi connectivity index (χ1) is 11.7. The maximum Gasteiger partial charge on any atom is 0.304 e. The number of hydrogen-bond acceptors (Lipinski definition) is 3. The van der Waals surface area contributed by atoms with Crippen molar-refractivity contribution in [3.8, 4) is 0 Å². The fourth-order valence-electron chi connectivity index (χ4n) is 1.97. The van der Waals surface area contributed by atoms with Crippen molar-refractivity contribution in [1.82, 2.24) is 4.31 Å². The Balaban J connectivity index is 2.25. The highest BCUT2D eigenvalue weighted by molar-refractivity contribution is 7.90. The third-order valence-electron chi connectivity index (χ3n) is 3.27. The molecule has 0 saturated carbocycles. The van der Waals surface area contributed by atoms with Crippen LogP contribution in [0.2, 0.25) is 0 Å². The van der Waals surface area contributed by atoms with E-state index in [4.69, 9.17) is 0 Å². The van der Waals surface area contributed by atoms with E-state index in [1.807, 2.05) is 0 Å². The molecule has 1 N–H and O–H groups in total. The lowest BCUT2D eigenvalue weighted by molar-refractivity contribution is -0.114. The lowest BCUT2D eigenvalue weighted by Gasteiger charge is -2.26. The van der Waals surface area contributed by atoms with Gasteiger partial charge in [-0.25, -0.2) is 13.1 Å². The van der Waals surface area contributed by atoms with Crippen molar-refractivity contribution in [2.45, 2.75) is 0 Å². The van der Waals surface area contributed by atoms with Gasteiger partial charge in [-0.1, -0.05) is 0 Å². The Bertz CT molecular complexity index is 838. The number of rotatable bonds is 6. The van der Waals surface area contributed by atoms with Crippen molar-refractivity contribution in [2.75, 3.05) is 30.3 Å². The summed E-state index contributed by atoms with van der Waals surface area (Å²) in [6.07, 6.45) is 0. The third kappa shape index (κ3) is 4.74. The van der Waals surface area contributed by atoms with Crippen molar-refractivity contribution in [3.05, 3.63) is 60.2 Å². The SMILES string of the molecule is CN(C)S(=O)(=O)N(CC(=O)Nc1ccc(F)cc1)c1ccc(F)cc1. The Morgan fingerprint density at radius 1 is 0.960 bits per heavy atom. The number of nitrogens with one attached hydrogen (secondary N) is 1. The van der Waals surface area contributed by atoms with Crippen LogP contribution in [0.5, 0.6) is 0 Å². The molecule has 0 aliphatic carbocycles. The van der Waals surface area contributed by atoms with E-state index in [0.717, 1.165) is 20.7 Å². The first kappa shape index (κ1) is 18.8. The Labute approximate surface area is 144 Å². The maximum absolute atomic E-state index is 13.1. The molecular weight excluding hydrogens is 352 g/mol. The van der Waals surface area contributed by atoms with Gasteiger partial charge in [0.05, 0.1) is 5.69 Å². The van der Waals surface area contributed by atoms with Gasteiger partial charge in [0, 0.05) is 19.8 Å². The van der Waals surface area contributed by atoms with Gasteiger partial charge in [0.2, 0.25) is 5.91 Å². The van der Waals surface area contributed by atoms with Crippen LogP contribution >= 0.6 is 0 Å². The van der Waals surface area contributed by atoms with Gasteiger partial charge in [0.1, 0.15) is 18.2 Å². The van der Waals surface area contributed by atoms with Crippen molar-refractivity contribution < 1.29 is 22.0 Å². The molecule has 2 rings (SSSR count). The van der Waals surface area contributed by atoms with Crippen LogP contribution in [0.25, 0.3) is 0 Å². The Hall–Kier alpha value is -2.52. The number of hydrogen-bond donors (Lipinski definition) is 1. The monoisotopic (exact) mass is 369 g/mol. The normalized spacial score (nSPS) is 11.4. The highest BCUT2D eigenvalue weighted by atomic mass is 32.2. The molecule has 6 nitrogen and oxygen atoms in total. The van der Waals surface area contributed by atoms with E-state index in [0.29, 0.717) is 5.69 Å². The minimum Gasteiger partial charge on any atom is -0.325 e. The summed E-state index contributed by atoms with van der Waals surface area (Å²) in [7, 11) is -1.33. The van der Waals surface area contributed by atoms with Crippen molar-refractivity contribution >= 4 is 27.5 Å². The minimum absolute atomic E-state index is 0.143. The number of benzene rings is 2. The largest absolute Gasteiger partial charge is 0.325 e. The van der Waals surface area contributed by atoms with Crippen LogP contribution in [0.15, 0.2) is 48.5 Å². The highest BCUT2D eigenvalue weighted by Crippen LogP contribution is 2.20. The number of amides is 1. The zero-order chi connectivity index (χ0) is 18.6. The summed E-state index contributed by atoms with van der Waals surface area (Å²) >= 11 is 0. The summed E-state index contributed by atoms with van der Waals surface area (Å²) in [4.78, 5) is 12.2. The second-order valence-electron chi connectivity index (χ2n) is 5.33. The van der Waals surface area contributed by atoms with Gasteiger partial charge in [0.15, 0.2) is 0 Å². The maximum atomic E-state index is 13.1. The summed E-state index contributed by atoms with van der Waals surface area (Å²) < 4.78 is 52.7. The van der Waals surface area contributed by atoms with Crippen LogP contribution in [0.3, 0.4) is 0 Å². The molecule has 0 unspecified atom stereocenters. The van der Waals surface area contributed by atoms with Gasteiger partial charge in [-0.3, -0.25) is 4.79 Å². The molecule has 0 heterocycles. The minimum atomic E-state index is -3.98. The molecule has 134 valence electrons. The number of nitrogens with zero attached hydrogens (tertiary/aromatic N) is 2. The topological polar surface area (TPSA) is 69.7 Å². The third-order valence-corrected chi connectivity index (χ3v) is 5.09. The fourth-order valence-corrected chi connectivity index (χ4v) is 3.04. The van der Waals surface area contributed by atoms with Crippen LogP contribution in [0.1, 0.15) is 0 Å². The average molecular weight is 369 g/mol. The first-order valence-electron chi connectivity index (χ1n) is 7.21. The van der Waals surface area contributed by atoms with Gasteiger partial charge in [-0.15, -0.1) is 0 Å². The second kappa shape index (κ2) is 7.58. The summed E-state index contributed by atoms with van der Waals surface area (Å²) in [5.74, 6) is -1.61. The summed E-state index contributed by atoms with van der Waals surface area (Å²) in [5, 5.41) is 2.49. The number of carbonyl (C=O) groups excluding carboxylic acids is 1. The van der Waals surface area contributed by atoms with Gasteiger partial charge >= 0.3 is 10.2 Å². The molecule has 0 aliphatic heterocycles. The molecule has 2 aromatic carbocycles. The molecule has 0 bridgehead atoms. The van der Waals surface area contributed by atoms with E-state index in [1.54, 1.807) is 0 Å². The molecule has 2 aromatic rings. The van der Waals surface area contributed by atoms with E-state index in [-0.39, 0.29) is 5.69 Å². The van der Waals surface area contributed by atoms with Crippen molar-refractivity contribution in [1.29, 1.82) is 0 Å². The van der Waals surface area contributed by atoms with Gasteiger partial charge < -0.3 is 5.32 Å². The van der Waals surface area contributed by atoms with Crippen molar-refractivity contribution in [2.24, 2.45) is 0 Å². The second-order valence-corrected chi connectivity index (χ2v) is 7.40. The summed E-state index contributed by atoms with van der Waals surface area (Å²) in [5.41, 5.74) is 0.470. The van der Waals surface area contributed by atoms with E-state index in [2.05, 4.69) is 5.32 Å². The Morgan fingerprint density at radius 3 is 1.92 bits per heavy atom. The summed E-state index contributed by atoms with van der Waals surface area (Å²) in [6, 6.07) is 9.79. The molecule has 9 heteroatoms. The van der Waals surface area contributed by atoms with Crippen LogP contribution in [0, 0.1) is 11.6 Å². The van der Waals surface area contributed by atoms with E-state index in [1.165, 1.54) is 50.5 Å². The zero-order valence-corrected chi connectivity index (χ0v) is 14.4. The predicted molar refractivity (Wildman–Crippen MR) is 91.4 cm³/mol. The lowest BCUT2D eigenvalue weighted by Crippen LogP contribution is -2.44. The highest BCUT2D eigenvalue weighted by Gasteiger charge is 2.27. The number of carbonyl (C=O) groups is 1. The van der Waals surface area contributed by atoms with Gasteiger partial charge in [-0.05, 0) is 48.5 Å². The molecule has 0 aliphatic rings. The zero-order valence-electron chi connectivity index (χ0n) is 13.6. The van der Waals surface area contributed by atoms with Crippen LogP contribution in [0.4, 0.5) is 20.2 Å². The van der Waals surface area contributed by atoms with Crippen LogP contribution in [-0.2, 0) is 15.0 Å². The fraction of sp³-hybridized carbons (Fsp3) is 0.188. The molecule has 25 heavy (non-hydrogen) atoms. The molecule has 1 amide bonds. The number of anilines is 2. The lowest BCUT2D eigenvalue weighted by atomic mass is 10.3. The molecule has 0 saturated heterocycles.